The summed E-state index contributed by atoms with van der Waals surface area (Å²) in [5.41, 5.74) is 2.50. The molecule has 148 valence electrons. The van der Waals surface area contributed by atoms with Crippen LogP contribution in [0.5, 0.6) is 11.5 Å². The molecule has 0 unspecified atom stereocenters. The first-order valence-corrected chi connectivity index (χ1v) is 9.13. The van der Waals surface area contributed by atoms with Gasteiger partial charge in [-0.05, 0) is 42.2 Å². The number of ether oxygens (including phenoxy) is 1. The second-order valence-corrected chi connectivity index (χ2v) is 6.96. The third kappa shape index (κ3) is 4.95. The molecule has 1 aromatic heterocycles. The van der Waals surface area contributed by atoms with E-state index in [0.29, 0.717) is 11.3 Å². The van der Waals surface area contributed by atoms with Gasteiger partial charge in [-0.25, -0.2) is 0 Å². The quantitative estimate of drug-likeness (QED) is 0.444. The maximum atomic E-state index is 12.4. The van der Waals surface area contributed by atoms with Gasteiger partial charge in [0.2, 0.25) is 0 Å². The molecule has 1 heterocycles. The number of rotatable bonds is 6. The zero-order valence-corrected chi connectivity index (χ0v) is 16.4. The van der Waals surface area contributed by atoms with Crippen molar-refractivity contribution in [2.45, 2.75) is 26.7 Å². The fourth-order valence-corrected chi connectivity index (χ4v) is 2.86. The summed E-state index contributed by atoms with van der Waals surface area (Å²) in [6, 6.07) is 13.2. The Morgan fingerprint density at radius 2 is 1.83 bits per heavy atom. The first kappa shape index (κ1) is 20.0. The standard InChI is InChI=1S/C22H21N3O4/c1-14(2)20-5-4-15(3)10-21(20)29-19-12-17(11-18(13-19)25(27)28)24-22(26)16-6-8-23-9-7-16/h4-14H,1-3H3,(H,24,26). The maximum Gasteiger partial charge on any atom is 0.275 e. The number of amides is 1. The zero-order valence-electron chi connectivity index (χ0n) is 16.4. The Hall–Kier alpha value is -3.74. The summed E-state index contributed by atoms with van der Waals surface area (Å²) in [5.74, 6) is 0.732. The molecule has 7 heteroatoms. The lowest BCUT2D eigenvalue weighted by atomic mass is 10.0. The van der Waals surface area contributed by atoms with Crippen molar-refractivity contribution in [3.8, 4) is 11.5 Å². The summed E-state index contributed by atoms with van der Waals surface area (Å²) in [5, 5.41) is 14.0. The van der Waals surface area contributed by atoms with Crippen molar-refractivity contribution in [1.29, 1.82) is 0 Å². The monoisotopic (exact) mass is 391 g/mol. The maximum absolute atomic E-state index is 12.4. The number of hydrogen-bond acceptors (Lipinski definition) is 5. The Kier molecular flexibility index (Phi) is 5.87. The van der Waals surface area contributed by atoms with Gasteiger partial charge in [0.25, 0.3) is 11.6 Å². The molecule has 1 amide bonds. The topological polar surface area (TPSA) is 94.4 Å². The van der Waals surface area contributed by atoms with E-state index in [-0.39, 0.29) is 23.0 Å². The molecular weight excluding hydrogens is 370 g/mol. The average Bonchev–Trinajstić information content (AvgIpc) is 2.68. The number of nitro benzene ring substituents is 1. The first-order chi connectivity index (χ1) is 13.8. The van der Waals surface area contributed by atoms with Crippen LogP contribution < -0.4 is 10.1 Å². The smallest absolute Gasteiger partial charge is 0.275 e. The third-order valence-electron chi connectivity index (χ3n) is 4.32. The number of carbonyl (C=O) groups is 1. The number of anilines is 1. The van der Waals surface area contributed by atoms with Gasteiger partial charge in [-0.15, -0.1) is 0 Å². The molecule has 0 aliphatic rings. The number of pyridine rings is 1. The molecule has 0 bridgehead atoms. The summed E-state index contributed by atoms with van der Waals surface area (Å²) >= 11 is 0. The van der Waals surface area contributed by atoms with E-state index in [9.17, 15) is 14.9 Å². The van der Waals surface area contributed by atoms with E-state index in [2.05, 4.69) is 10.3 Å². The average molecular weight is 391 g/mol. The third-order valence-corrected chi connectivity index (χ3v) is 4.32. The second kappa shape index (κ2) is 8.52. The van der Waals surface area contributed by atoms with Gasteiger partial charge in [0, 0.05) is 30.1 Å². The van der Waals surface area contributed by atoms with Crippen LogP contribution in [-0.2, 0) is 0 Å². The summed E-state index contributed by atoms with van der Waals surface area (Å²) in [7, 11) is 0. The normalized spacial score (nSPS) is 10.6. The molecule has 0 spiro atoms. The minimum atomic E-state index is -0.519. The van der Waals surface area contributed by atoms with Crippen molar-refractivity contribution < 1.29 is 14.5 Å². The molecule has 7 nitrogen and oxygen atoms in total. The van der Waals surface area contributed by atoms with Crippen LogP contribution in [0.25, 0.3) is 0 Å². The number of carbonyl (C=O) groups excluding carboxylic acids is 1. The van der Waals surface area contributed by atoms with E-state index in [1.165, 1.54) is 24.5 Å². The van der Waals surface area contributed by atoms with Crippen molar-refractivity contribution in [2.24, 2.45) is 0 Å². The van der Waals surface area contributed by atoms with Gasteiger partial charge in [-0.3, -0.25) is 19.9 Å². The van der Waals surface area contributed by atoms with Crippen LogP contribution in [0.3, 0.4) is 0 Å². The zero-order chi connectivity index (χ0) is 21.0. The molecule has 0 radical (unpaired) electrons. The van der Waals surface area contributed by atoms with Crippen molar-refractivity contribution in [2.75, 3.05) is 5.32 Å². The molecule has 0 aliphatic heterocycles. The molecule has 2 aromatic carbocycles. The highest BCUT2D eigenvalue weighted by Gasteiger charge is 2.16. The highest BCUT2D eigenvalue weighted by Crippen LogP contribution is 2.34. The van der Waals surface area contributed by atoms with E-state index in [0.717, 1.165) is 11.1 Å². The summed E-state index contributed by atoms with van der Waals surface area (Å²) < 4.78 is 6.00. The highest BCUT2D eigenvalue weighted by atomic mass is 16.6. The predicted octanol–water partition coefficient (Wildman–Crippen LogP) is 5.47. The van der Waals surface area contributed by atoms with Gasteiger partial charge in [0.1, 0.15) is 11.5 Å². The van der Waals surface area contributed by atoms with E-state index in [1.807, 2.05) is 39.0 Å². The molecule has 3 rings (SSSR count). The van der Waals surface area contributed by atoms with Gasteiger partial charge < -0.3 is 10.1 Å². The molecule has 0 atom stereocenters. The molecule has 1 N–H and O–H groups in total. The lowest BCUT2D eigenvalue weighted by Crippen LogP contribution is -2.12. The van der Waals surface area contributed by atoms with Crippen LogP contribution in [0.15, 0.2) is 60.9 Å². The van der Waals surface area contributed by atoms with Crippen LogP contribution >= 0.6 is 0 Å². The molecular formula is C22H21N3O4. The Balaban J connectivity index is 1.95. The lowest BCUT2D eigenvalue weighted by Gasteiger charge is -2.15. The number of hydrogen-bond donors (Lipinski definition) is 1. The van der Waals surface area contributed by atoms with Crippen LogP contribution in [-0.4, -0.2) is 15.8 Å². The Morgan fingerprint density at radius 1 is 1.10 bits per heavy atom. The van der Waals surface area contributed by atoms with Crippen LogP contribution in [0.4, 0.5) is 11.4 Å². The van der Waals surface area contributed by atoms with Crippen LogP contribution in [0.2, 0.25) is 0 Å². The number of nitrogens with one attached hydrogen (secondary N) is 1. The SMILES string of the molecule is Cc1ccc(C(C)C)c(Oc2cc(NC(=O)c3ccncc3)cc([N+](=O)[O-])c2)c1. The molecule has 0 saturated heterocycles. The van der Waals surface area contributed by atoms with Gasteiger partial charge in [0.15, 0.2) is 0 Å². The fourth-order valence-electron chi connectivity index (χ4n) is 2.86. The molecule has 0 aliphatic carbocycles. The van der Waals surface area contributed by atoms with Crippen molar-refractivity contribution >= 4 is 17.3 Å². The van der Waals surface area contributed by atoms with E-state index < -0.39 is 10.8 Å². The highest BCUT2D eigenvalue weighted by molar-refractivity contribution is 6.04. The first-order valence-electron chi connectivity index (χ1n) is 9.13. The van der Waals surface area contributed by atoms with Gasteiger partial charge >= 0.3 is 0 Å². The number of aromatic nitrogens is 1. The summed E-state index contributed by atoms with van der Waals surface area (Å²) in [6.45, 7) is 6.04. The van der Waals surface area contributed by atoms with Crippen molar-refractivity contribution in [1.82, 2.24) is 4.98 Å². The summed E-state index contributed by atoms with van der Waals surface area (Å²) in [4.78, 5) is 27.1. The second-order valence-electron chi connectivity index (χ2n) is 6.96. The number of benzene rings is 2. The predicted molar refractivity (Wildman–Crippen MR) is 111 cm³/mol. The van der Waals surface area contributed by atoms with Crippen LogP contribution in [0, 0.1) is 17.0 Å². The number of non-ortho nitro benzene ring substituents is 1. The van der Waals surface area contributed by atoms with E-state index in [4.69, 9.17) is 4.74 Å². The fraction of sp³-hybridized carbons (Fsp3) is 0.182. The van der Waals surface area contributed by atoms with Gasteiger partial charge in [-0.1, -0.05) is 26.0 Å². The Morgan fingerprint density at radius 3 is 2.48 bits per heavy atom. The number of nitro groups is 1. The Labute approximate surface area is 168 Å². The number of aryl methyl sites for hydroxylation is 1. The Bertz CT molecular complexity index is 1050. The molecule has 3 aromatic rings. The minimum absolute atomic E-state index is 0.175. The van der Waals surface area contributed by atoms with E-state index in [1.54, 1.807) is 18.2 Å². The van der Waals surface area contributed by atoms with Gasteiger partial charge in [0.05, 0.1) is 16.7 Å². The lowest BCUT2D eigenvalue weighted by molar-refractivity contribution is -0.384. The molecule has 29 heavy (non-hydrogen) atoms. The largest absolute Gasteiger partial charge is 0.457 e. The van der Waals surface area contributed by atoms with E-state index >= 15 is 0 Å². The number of nitrogens with zero attached hydrogens (tertiary/aromatic N) is 2. The van der Waals surface area contributed by atoms with Crippen molar-refractivity contribution in [3.63, 3.8) is 0 Å². The summed E-state index contributed by atoms with van der Waals surface area (Å²) in [6.07, 6.45) is 3.00. The molecule has 0 saturated carbocycles. The van der Waals surface area contributed by atoms with Gasteiger partial charge in [-0.2, -0.15) is 0 Å². The van der Waals surface area contributed by atoms with Crippen molar-refractivity contribution in [3.05, 3.63) is 87.7 Å². The molecule has 0 fully saturated rings. The minimum Gasteiger partial charge on any atom is -0.457 e. The van der Waals surface area contributed by atoms with Crippen LogP contribution in [0.1, 0.15) is 41.3 Å².